The minimum absolute atomic E-state index is 0.101. The molecule has 1 atom stereocenters. The molecule has 29 heavy (non-hydrogen) atoms. The summed E-state index contributed by atoms with van der Waals surface area (Å²) >= 11 is 5.90. The average Bonchev–Trinajstić information content (AvgIpc) is 2.73. The van der Waals surface area contributed by atoms with Crippen molar-refractivity contribution in [2.75, 3.05) is 5.32 Å². The van der Waals surface area contributed by atoms with Gasteiger partial charge in [0, 0.05) is 21.8 Å². The zero-order valence-corrected chi connectivity index (χ0v) is 16.3. The first-order valence-electron chi connectivity index (χ1n) is 8.92. The van der Waals surface area contributed by atoms with Crippen LogP contribution in [-0.2, 0) is 9.53 Å². The Morgan fingerprint density at radius 2 is 1.52 bits per heavy atom. The molecule has 0 bridgehead atoms. The highest BCUT2D eigenvalue weighted by Crippen LogP contribution is 2.18. The lowest BCUT2D eigenvalue weighted by atomic mass is 9.98. The third kappa shape index (κ3) is 5.09. The number of anilines is 1. The van der Waals surface area contributed by atoms with Crippen LogP contribution in [0.5, 0.6) is 0 Å². The van der Waals surface area contributed by atoms with Crippen LogP contribution in [0.2, 0.25) is 5.02 Å². The number of esters is 1. The van der Waals surface area contributed by atoms with E-state index in [0.717, 1.165) is 0 Å². The van der Waals surface area contributed by atoms with Gasteiger partial charge in [0.25, 0.3) is 5.91 Å². The summed E-state index contributed by atoms with van der Waals surface area (Å²) < 4.78 is 5.29. The minimum Gasteiger partial charge on any atom is -0.449 e. The number of ether oxygens (including phenoxy) is 1. The van der Waals surface area contributed by atoms with E-state index >= 15 is 0 Å². The van der Waals surface area contributed by atoms with E-state index in [0.29, 0.717) is 16.3 Å². The van der Waals surface area contributed by atoms with E-state index in [9.17, 15) is 14.4 Å². The molecule has 1 amide bonds. The Balaban J connectivity index is 1.74. The number of hydrogen-bond acceptors (Lipinski definition) is 4. The number of amides is 1. The van der Waals surface area contributed by atoms with Gasteiger partial charge in [-0.2, -0.15) is 0 Å². The lowest BCUT2D eigenvalue weighted by Crippen LogP contribution is -2.30. The zero-order chi connectivity index (χ0) is 20.8. The van der Waals surface area contributed by atoms with Crippen LogP contribution in [0.25, 0.3) is 0 Å². The molecule has 0 unspecified atom stereocenters. The van der Waals surface area contributed by atoms with Gasteiger partial charge < -0.3 is 10.1 Å². The monoisotopic (exact) mass is 407 g/mol. The molecule has 3 rings (SSSR count). The summed E-state index contributed by atoms with van der Waals surface area (Å²) in [6.07, 6.45) is -1.07. The molecule has 0 heterocycles. The molecule has 1 N–H and O–H groups in total. The number of rotatable bonds is 6. The second kappa shape index (κ2) is 9.17. The standard InChI is InChI=1S/C23H18ClNO4/c1-15(22(27)25-18-11-7-10-17(24)14-18)29-23(28)20-13-6-5-12-19(20)21(26)16-8-3-2-4-9-16/h2-15H,1H3,(H,25,27)/t15-/m0/s1. The predicted octanol–water partition coefficient (Wildman–Crippen LogP) is 4.76. The van der Waals surface area contributed by atoms with Crippen LogP contribution >= 0.6 is 11.6 Å². The van der Waals surface area contributed by atoms with Crippen LogP contribution in [0.3, 0.4) is 0 Å². The summed E-state index contributed by atoms with van der Waals surface area (Å²) in [6, 6.07) is 21.6. The van der Waals surface area contributed by atoms with E-state index in [-0.39, 0.29) is 16.9 Å². The molecule has 0 saturated carbocycles. The third-order valence-electron chi connectivity index (χ3n) is 4.17. The molecule has 0 radical (unpaired) electrons. The second-order valence-corrected chi connectivity index (χ2v) is 6.72. The van der Waals surface area contributed by atoms with Crippen LogP contribution in [0.15, 0.2) is 78.9 Å². The van der Waals surface area contributed by atoms with Crippen molar-refractivity contribution in [3.63, 3.8) is 0 Å². The quantitative estimate of drug-likeness (QED) is 0.472. The third-order valence-corrected chi connectivity index (χ3v) is 4.41. The summed E-state index contributed by atoms with van der Waals surface area (Å²) in [5.41, 5.74) is 1.26. The summed E-state index contributed by atoms with van der Waals surface area (Å²) in [5, 5.41) is 3.11. The highest BCUT2D eigenvalue weighted by molar-refractivity contribution is 6.30. The van der Waals surface area contributed by atoms with E-state index in [1.165, 1.54) is 13.0 Å². The maximum Gasteiger partial charge on any atom is 0.339 e. The summed E-state index contributed by atoms with van der Waals surface area (Å²) in [4.78, 5) is 37.7. The highest BCUT2D eigenvalue weighted by atomic mass is 35.5. The fourth-order valence-electron chi connectivity index (χ4n) is 2.69. The Bertz CT molecular complexity index is 1050. The van der Waals surface area contributed by atoms with Crippen molar-refractivity contribution < 1.29 is 19.1 Å². The van der Waals surface area contributed by atoms with Crippen LogP contribution in [-0.4, -0.2) is 23.8 Å². The molecule has 5 nitrogen and oxygen atoms in total. The first kappa shape index (κ1) is 20.3. The molecule has 0 aliphatic rings. The van der Waals surface area contributed by atoms with Gasteiger partial charge in [-0.1, -0.05) is 66.2 Å². The van der Waals surface area contributed by atoms with Crippen molar-refractivity contribution in [2.24, 2.45) is 0 Å². The van der Waals surface area contributed by atoms with Gasteiger partial charge in [0.15, 0.2) is 11.9 Å². The number of carbonyl (C=O) groups is 3. The van der Waals surface area contributed by atoms with Crippen molar-refractivity contribution in [2.45, 2.75) is 13.0 Å². The predicted molar refractivity (Wildman–Crippen MR) is 111 cm³/mol. The van der Waals surface area contributed by atoms with Gasteiger partial charge >= 0.3 is 5.97 Å². The molecule has 0 aliphatic carbocycles. The molecule has 0 fully saturated rings. The van der Waals surface area contributed by atoms with Gasteiger partial charge in [0.1, 0.15) is 0 Å². The Morgan fingerprint density at radius 1 is 0.862 bits per heavy atom. The lowest BCUT2D eigenvalue weighted by Gasteiger charge is -2.15. The maximum atomic E-state index is 12.8. The smallest absolute Gasteiger partial charge is 0.339 e. The number of nitrogens with one attached hydrogen (secondary N) is 1. The van der Waals surface area contributed by atoms with Crippen LogP contribution < -0.4 is 5.32 Å². The highest BCUT2D eigenvalue weighted by Gasteiger charge is 2.23. The fourth-order valence-corrected chi connectivity index (χ4v) is 2.88. The van der Waals surface area contributed by atoms with E-state index in [1.807, 2.05) is 0 Å². The lowest BCUT2D eigenvalue weighted by molar-refractivity contribution is -0.123. The van der Waals surface area contributed by atoms with E-state index in [4.69, 9.17) is 16.3 Å². The van der Waals surface area contributed by atoms with Crippen LogP contribution in [0.4, 0.5) is 5.69 Å². The molecule has 0 aliphatic heterocycles. The molecule has 0 saturated heterocycles. The Morgan fingerprint density at radius 3 is 2.21 bits per heavy atom. The summed E-state index contributed by atoms with van der Waals surface area (Å²) in [5.74, 6) is -1.56. The van der Waals surface area contributed by atoms with Crippen molar-refractivity contribution >= 4 is 34.9 Å². The molecular weight excluding hydrogens is 390 g/mol. The van der Waals surface area contributed by atoms with Crippen molar-refractivity contribution in [1.29, 1.82) is 0 Å². The number of ketones is 1. The summed E-state index contributed by atoms with van der Waals surface area (Å²) in [6.45, 7) is 1.46. The normalized spacial score (nSPS) is 11.4. The maximum absolute atomic E-state index is 12.8. The Kier molecular flexibility index (Phi) is 6.42. The molecule has 3 aromatic carbocycles. The second-order valence-electron chi connectivity index (χ2n) is 6.29. The van der Waals surface area contributed by atoms with Crippen molar-refractivity contribution in [1.82, 2.24) is 0 Å². The van der Waals surface area contributed by atoms with Gasteiger partial charge in [0.05, 0.1) is 5.56 Å². The Labute approximate surface area is 173 Å². The topological polar surface area (TPSA) is 72.5 Å². The number of halogens is 1. The van der Waals surface area contributed by atoms with Gasteiger partial charge in [-0.05, 0) is 31.2 Å². The molecule has 0 aromatic heterocycles. The zero-order valence-electron chi connectivity index (χ0n) is 15.6. The van der Waals surface area contributed by atoms with E-state index < -0.39 is 18.0 Å². The largest absolute Gasteiger partial charge is 0.449 e. The van der Waals surface area contributed by atoms with E-state index in [2.05, 4.69) is 5.32 Å². The Hall–Kier alpha value is -3.44. The SMILES string of the molecule is C[C@H](OC(=O)c1ccccc1C(=O)c1ccccc1)C(=O)Nc1cccc(Cl)c1. The van der Waals surface area contributed by atoms with Crippen LogP contribution in [0.1, 0.15) is 33.2 Å². The molecule has 146 valence electrons. The molecule has 6 heteroatoms. The molecule has 0 spiro atoms. The van der Waals surface area contributed by atoms with Crippen LogP contribution in [0, 0.1) is 0 Å². The fraction of sp³-hybridized carbons (Fsp3) is 0.0870. The van der Waals surface area contributed by atoms with Crippen molar-refractivity contribution in [3.8, 4) is 0 Å². The van der Waals surface area contributed by atoms with Gasteiger partial charge in [-0.15, -0.1) is 0 Å². The average molecular weight is 408 g/mol. The van der Waals surface area contributed by atoms with Gasteiger partial charge in [-0.3, -0.25) is 9.59 Å². The van der Waals surface area contributed by atoms with Gasteiger partial charge in [0.2, 0.25) is 0 Å². The summed E-state index contributed by atoms with van der Waals surface area (Å²) in [7, 11) is 0. The first-order chi connectivity index (χ1) is 14.0. The van der Waals surface area contributed by atoms with Gasteiger partial charge in [-0.25, -0.2) is 4.79 Å². The molecule has 3 aromatic rings. The van der Waals surface area contributed by atoms with E-state index in [1.54, 1.807) is 72.8 Å². The van der Waals surface area contributed by atoms with Crippen molar-refractivity contribution in [3.05, 3.63) is 101 Å². The number of benzene rings is 3. The molecular formula is C23H18ClNO4. The first-order valence-corrected chi connectivity index (χ1v) is 9.29. The number of carbonyl (C=O) groups excluding carboxylic acids is 3. The number of hydrogen-bond donors (Lipinski definition) is 1. The minimum atomic E-state index is -1.07.